The van der Waals surface area contributed by atoms with Gasteiger partial charge in [-0.1, -0.05) is 6.42 Å². The highest BCUT2D eigenvalue weighted by Crippen LogP contribution is 2.11. The highest BCUT2D eigenvalue weighted by Gasteiger charge is 2.23. The molecule has 0 aliphatic rings. The van der Waals surface area contributed by atoms with Gasteiger partial charge in [0, 0.05) is 0 Å². The monoisotopic (exact) mass is 230 g/mol. The molecule has 4 nitrogen and oxygen atoms in total. The number of hydrogen-bond donors (Lipinski definition) is 2. The second-order valence-corrected chi connectivity index (χ2v) is 4.97. The molecule has 0 rings (SSSR count). The number of rotatable bonds is 7. The first kappa shape index (κ1) is 15.4. The summed E-state index contributed by atoms with van der Waals surface area (Å²) in [5.74, 6) is -0.153. The van der Waals surface area contributed by atoms with Crippen LogP contribution in [0.5, 0.6) is 0 Å². The molecule has 0 aromatic carbocycles. The van der Waals surface area contributed by atoms with Gasteiger partial charge in [-0.3, -0.25) is 4.79 Å². The third-order valence-electron chi connectivity index (χ3n) is 2.21. The van der Waals surface area contributed by atoms with Crippen LogP contribution >= 0.6 is 0 Å². The summed E-state index contributed by atoms with van der Waals surface area (Å²) in [4.78, 5) is 11.8. The van der Waals surface area contributed by atoms with Crippen LogP contribution in [-0.2, 0) is 9.53 Å². The number of unbranched alkanes of at least 4 members (excludes halogenated alkanes) is 1. The minimum atomic E-state index is -0.406. The molecule has 4 heteroatoms. The average Bonchev–Trinajstić information content (AvgIpc) is 2.15. The first-order valence-corrected chi connectivity index (χ1v) is 5.95. The highest BCUT2D eigenvalue weighted by atomic mass is 16.6. The van der Waals surface area contributed by atoms with Gasteiger partial charge in [0.05, 0.1) is 0 Å². The zero-order valence-electron chi connectivity index (χ0n) is 11.2. The van der Waals surface area contributed by atoms with E-state index in [0.717, 1.165) is 25.8 Å². The molecule has 0 aliphatic carbocycles. The van der Waals surface area contributed by atoms with Gasteiger partial charge in [-0.15, -0.1) is 0 Å². The Kier molecular flexibility index (Phi) is 7.34. The second-order valence-electron chi connectivity index (χ2n) is 4.97. The maximum absolute atomic E-state index is 11.8. The van der Waals surface area contributed by atoms with Crippen LogP contribution in [-0.4, -0.2) is 38.3 Å². The standard InChI is InChI=1S/C12H26N2O2/c1-12(2,3)16-11(15)10(14-5)8-6-7-9-13-4/h10,13-14H,6-9H2,1-5H3. The number of carbonyl (C=O) groups excluding carboxylic acids is 1. The van der Waals surface area contributed by atoms with Crippen LogP contribution in [0.2, 0.25) is 0 Å². The Balaban J connectivity index is 3.93. The molecular weight excluding hydrogens is 204 g/mol. The molecule has 0 saturated heterocycles. The Hall–Kier alpha value is -0.610. The average molecular weight is 230 g/mol. The van der Waals surface area contributed by atoms with Crippen molar-refractivity contribution in [3.63, 3.8) is 0 Å². The fourth-order valence-corrected chi connectivity index (χ4v) is 1.40. The first-order chi connectivity index (χ1) is 7.40. The van der Waals surface area contributed by atoms with E-state index >= 15 is 0 Å². The second kappa shape index (κ2) is 7.63. The van der Waals surface area contributed by atoms with Gasteiger partial charge in [0.15, 0.2) is 0 Å². The van der Waals surface area contributed by atoms with Crippen molar-refractivity contribution in [2.24, 2.45) is 0 Å². The van der Waals surface area contributed by atoms with E-state index in [0.29, 0.717) is 0 Å². The lowest BCUT2D eigenvalue weighted by Crippen LogP contribution is -2.39. The molecule has 0 aromatic rings. The molecule has 0 heterocycles. The molecule has 0 fully saturated rings. The van der Waals surface area contributed by atoms with Crippen LogP contribution in [0.3, 0.4) is 0 Å². The molecule has 0 amide bonds. The fourth-order valence-electron chi connectivity index (χ4n) is 1.40. The van der Waals surface area contributed by atoms with Crippen LogP contribution in [0.25, 0.3) is 0 Å². The molecule has 96 valence electrons. The lowest BCUT2D eigenvalue weighted by molar-refractivity contribution is -0.157. The molecule has 0 saturated carbocycles. The minimum absolute atomic E-state index is 0.153. The highest BCUT2D eigenvalue weighted by molar-refractivity contribution is 5.76. The smallest absolute Gasteiger partial charge is 0.323 e. The quantitative estimate of drug-likeness (QED) is 0.511. The molecule has 0 spiro atoms. The van der Waals surface area contributed by atoms with Crippen LogP contribution in [0.4, 0.5) is 0 Å². The van der Waals surface area contributed by atoms with E-state index in [-0.39, 0.29) is 12.0 Å². The van der Waals surface area contributed by atoms with Gasteiger partial charge in [0.25, 0.3) is 0 Å². The van der Waals surface area contributed by atoms with E-state index in [1.807, 2.05) is 27.8 Å². The summed E-state index contributed by atoms with van der Waals surface area (Å²) >= 11 is 0. The van der Waals surface area contributed by atoms with Crippen molar-refractivity contribution in [2.45, 2.75) is 51.7 Å². The number of ether oxygens (including phenoxy) is 1. The van der Waals surface area contributed by atoms with Crippen molar-refractivity contribution in [1.82, 2.24) is 10.6 Å². The third kappa shape index (κ3) is 7.65. The van der Waals surface area contributed by atoms with Crippen LogP contribution in [0.15, 0.2) is 0 Å². The number of nitrogens with one attached hydrogen (secondary N) is 2. The largest absolute Gasteiger partial charge is 0.459 e. The number of hydrogen-bond acceptors (Lipinski definition) is 4. The molecule has 1 atom stereocenters. The summed E-state index contributed by atoms with van der Waals surface area (Å²) in [5, 5.41) is 6.10. The third-order valence-corrected chi connectivity index (χ3v) is 2.21. The van der Waals surface area contributed by atoms with Crippen LogP contribution < -0.4 is 10.6 Å². The summed E-state index contributed by atoms with van der Waals surface area (Å²) < 4.78 is 5.33. The Labute approximate surface area is 99.1 Å². The fraction of sp³-hybridized carbons (Fsp3) is 0.917. The van der Waals surface area contributed by atoms with E-state index < -0.39 is 5.60 Å². The van der Waals surface area contributed by atoms with Gasteiger partial charge >= 0.3 is 5.97 Å². The number of carbonyl (C=O) groups is 1. The normalized spacial score (nSPS) is 13.6. The van der Waals surface area contributed by atoms with Crippen molar-refractivity contribution in [1.29, 1.82) is 0 Å². The molecule has 0 aliphatic heterocycles. The van der Waals surface area contributed by atoms with Gasteiger partial charge in [-0.25, -0.2) is 0 Å². The summed E-state index contributed by atoms with van der Waals surface area (Å²) in [6.45, 7) is 6.65. The molecule has 16 heavy (non-hydrogen) atoms. The Morgan fingerprint density at radius 2 is 1.88 bits per heavy atom. The first-order valence-electron chi connectivity index (χ1n) is 5.95. The summed E-state index contributed by atoms with van der Waals surface area (Å²) in [7, 11) is 3.73. The molecule has 0 radical (unpaired) electrons. The van der Waals surface area contributed by atoms with Crippen LogP contribution in [0, 0.1) is 0 Å². The lowest BCUT2D eigenvalue weighted by Gasteiger charge is -2.23. The summed E-state index contributed by atoms with van der Waals surface area (Å²) in [6.07, 6.45) is 2.93. The topological polar surface area (TPSA) is 50.4 Å². The van der Waals surface area contributed by atoms with Crippen molar-refractivity contribution in [3.05, 3.63) is 0 Å². The van der Waals surface area contributed by atoms with Gasteiger partial charge in [-0.05, 0) is 54.3 Å². The minimum Gasteiger partial charge on any atom is -0.459 e. The van der Waals surface area contributed by atoms with Gasteiger partial charge in [0.2, 0.25) is 0 Å². The van der Waals surface area contributed by atoms with E-state index in [2.05, 4.69) is 10.6 Å². The van der Waals surface area contributed by atoms with Crippen molar-refractivity contribution >= 4 is 5.97 Å². The SMILES string of the molecule is CNCCCCC(NC)C(=O)OC(C)(C)C. The van der Waals surface area contributed by atoms with E-state index in [1.165, 1.54) is 0 Å². The maximum Gasteiger partial charge on any atom is 0.323 e. The van der Waals surface area contributed by atoms with Gasteiger partial charge in [-0.2, -0.15) is 0 Å². The van der Waals surface area contributed by atoms with E-state index in [4.69, 9.17) is 4.74 Å². The van der Waals surface area contributed by atoms with Crippen molar-refractivity contribution in [2.75, 3.05) is 20.6 Å². The zero-order valence-corrected chi connectivity index (χ0v) is 11.2. The molecule has 0 aromatic heterocycles. The Bertz CT molecular complexity index is 200. The van der Waals surface area contributed by atoms with Crippen molar-refractivity contribution in [3.8, 4) is 0 Å². The summed E-state index contributed by atoms with van der Waals surface area (Å²) in [6, 6.07) is -0.184. The predicted molar refractivity (Wildman–Crippen MR) is 66.5 cm³/mol. The predicted octanol–water partition coefficient (Wildman–Crippen LogP) is 1.31. The molecule has 0 bridgehead atoms. The van der Waals surface area contributed by atoms with E-state index in [1.54, 1.807) is 7.05 Å². The van der Waals surface area contributed by atoms with Gasteiger partial charge in [0.1, 0.15) is 11.6 Å². The Morgan fingerprint density at radius 1 is 1.25 bits per heavy atom. The van der Waals surface area contributed by atoms with E-state index in [9.17, 15) is 4.79 Å². The Morgan fingerprint density at radius 3 is 2.31 bits per heavy atom. The lowest BCUT2D eigenvalue weighted by atomic mass is 10.1. The summed E-state index contributed by atoms with van der Waals surface area (Å²) in [5.41, 5.74) is -0.406. The van der Waals surface area contributed by atoms with Crippen LogP contribution in [0.1, 0.15) is 40.0 Å². The number of likely N-dealkylation sites (N-methyl/N-ethyl adjacent to an activating group) is 1. The maximum atomic E-state index is 11.8. The number of esters is 1. The van der Waals surface area contributed by atoms with Gasteiger partial charge < -0.3 is 15.4 Å². The molecule has 2 N–H and O–H groups in total. The molecule has 1 unspecified atom stereocenters. The zero-order chi connectivity index (χ0) is 12.6. The van der Waals surface area contributed by atoms with Crippen molar-refractivity contribution < 1.29 is 9.53 Å². The molecular formula is C12H26N2O2.